The molecule has 2 aliphatic carbocycles. The second-order valence-corrected chi connectivity index (χ2v) is 5.23. The third-order valence-corrected chi connectivity index (χ3v) is 3.82. The lowest BCUT2D eigenvalue weighted by atomic mass is 10.2. The predicted octanol–water partition coefficient (Wildman–Crippen LogP) is 2.90. The van der Waals surface area contributed by atoms with E-state index in [1.54, 1.807) is 0 Å². The summed E-state index contributed by atoms with van der Waals surface area (Å²) in [4.78, 5) is 4.32. The monoisotopic (exact) mass is 351 g/mol. The molecular formula is C13H26IN3. The van der Waals surface area contributed by atoms with Crippen LogP contribution < -0.4 is 10.6 Å². The van der Waals surface area contributed by atoms with Gasteiger partial charge in [0.25, 0.3) is 0 Å². The second-order valence-electron chi connectivity index (χ2n) is 5.23. The molecule has 2 atom stereocenters. The van der Waals surface area contributed by atoms with Gasteiger partial charge in [0.15, 0.2) is 5.96 Å². The molecule has 2 fully saturated rings. The summed E-state index contributed by atoms with van der Waals surface area (Å²) in [6.07, 6.45) is 9.36. The summed E-state index contributed by atoms with van der Waals surface area (Å²) in [6.45, 7) is 2.26. The predicted molar refractivity (Wildman–Crippen MR) is 84.1 cm³/mol. The third-order valence-electron chi connectivity index (χ3n) is 3.82. The molecule has 0 spiro atoms. The molecule has 100 valence electrons. The Morgan fingerprint density at radius 2 is 1.94 bits per heavy atom. The van der Waals surface area contributed by atoms with Crippen molar-refractivity contribution in [1.29, 1.82) is 0 Å². The van der Waals surface area contributed by atoms with Crippen molar-refractivity contribution < 1.29 is 0 Å². The molecule has 3 nitrogen and oxygen atoms in total. The normalized spacial score (nSPS) is 28.7. The number of halogens is 1. The van der Waals surface area contributed by atoms with E-state index in [9.17, 15) is 0 Å². The fraction of sp³-hybridized carbons (Fsp3) is 0.923. The van der Waals surface area contributed by atoms with Crippen LogP contribution in [-0.4, -0.2) is 25.1 Å². The molecule has 0 amide bonds. The molecule has 2 rings (SSSR count). The minimum Gasteiger partial charge on any atom is -0.354 e. The van der Waals surface area contributed by atoms with Crippen LogP contribution in [0.3, 0.4) is 0 Å². The van der Waals surface area contributed by atoms with Gasteiger partial charge in [-0.2, -0.15) is 0 Å². The molecule has 0 aliphatic heterocycles. The number of guanidine groups is 1. The van der Waals surface area contributed by atoms with Crippen molar-refractivity contribution in [2.75, 3.05) is 7.05 Å². The van der Waals surface area contributed by atoms with Gasteiger partial charge in [0, 0.05) is 19.1 Å². The largest absolute Gasteiger partial charge is 0.354 e. The van der Waals surface area contributed by atoms with Crippen molar-refractivity contribution in [2.24, 2.45) is 10.9 Å². The zero-order chi connectivity index (χ0) is 11.4. The van der Waals surface area contributed by atoms with Gasteiger partial charge in [0.2, 0.25) is 0 Å². The zero-order valence-electron chi connectivity index (χ0n) is 11.0. The first kappa shape index (κ1) is 15.1. The summed E-state index contributed by atoms with van der Waals surface area (Å²) in [7, 11) is 1.88. The Labute approximate surface area is 122 Å². The smallest absolute Gasteiger partial charge is 0.191 e. The molecule has 0 bridgehead atoms. The number of aliphatic imine (C=N–C) groups is 1. The van der Waals surface area contributed by atoms with Gasteiger partial charge in [-0.15, -0.1) is 24.0 Å². The van der Waals surface area contributed by atoms with E-state index in [0.717, 1.165) is 11.9 Å². The zero-order valence-corrected chi connectivity index (χ0v) is 13.4. The summed E-state index contributed by atoms with van der Waals surface area (Å²) < 4.78 is 0. The van der Waals surface area contributed by atoms with Crippen molar-refractivity contribution in [2.45, 2.75) is 64.0 Å². The van der Waals surface area contributed by atoms with Crippen LogP contribution >= 0.6 is 24.0 Å². The van der Waals surface area contributed by atoms with Crippen molar-refractivity contribution in [3.8, 4) is 0 Å². The quantitative estimate of drug-likeness (QED) is 0.464. The molecule has 0 radical (unpaired) electrons. The van der Waals surface area contributed by atoms with Gasteiger partial charge in [-0.25, -0.2) is 0 Å². The van der Waals surface area contributed by atoms with Crippen LogP contribution in [0.1, 0.15) is 51.9 Å². The summed E-state index contributed by atoms with van der Waals surface area (Å²) in [5.74, 6) is 1.92. The van der Waals surface area contributed by atoms with Gasteiger partial charge in [-0.3, -0.25) is 4.99 Å². The number of nitrogens with one attached hydrogen (secondary N) is 2. The van der Waals surface area contributed by atoms with Crippen LogP contribution in [0.15, 0.2) is 4.99 Å². The van der Waals surface area contributed by atoms with Crippen molar-refractivity contribution in [1.82, 2.24) is 10.6 Å². The minimum atomic E-state index is 0. The molecule has 17 heavy (non-hydrogen) atoms. The van der Waals surface area contributed by atoms with E-state index < -0.39 is 0 Å². The van der Waals surface area contributed by atoms with Gasteiger partial charge in [0.05, 0.1) is 0 Å². The van der Waals surface area contributed by atoms with E-state index in [1.807, 2.05) is 7.05 Å². The van der Waals surface area contributed by atoms with Gasteiger partial charge >= 0.3 is 0 Å². The van der Waals surface area contributed by atoms with Gasteiger partial charge in [-0.1, -0.05) is 26.2 Å². The second kappa shape index (κ2) is 7.44. The number of hydrogen-bond donors (Lipinski definition) is 2. The van der Waals surface area contributed by atoms with Crippen LogP contribution in [-0.2, 0) is 0 Å². The Kier molecular flexibility index (Phi) is 6.59. The summed E-state index contributed by atoms with van der Waals surface area (Å²) >= 11 is 0. The molecule has 0 aromatic carbocycles. The van der Waals surface area contributed by atoms with Crippen LogP contribution in [0.5, 0.6) is 0 Å². The van der Waals surface area contributed by atoms with Gasteiger partial charge in [0.1, 0.15) is 0 Å². The molecule has 0 aromatic rings. The number of nitrogens with zero attached hydrogens (tertiary/aromatic N) is 1. The van der Waals surface area contributed by atoms with Crippen molar-refractivity contribution >= 4 is 29.9 Å². The molecular weight excluding hydrogens is 325 g/mol. The first-order valence-electron chi connectivity index (χ1n) is 6.83. The Bertz CT molecular complexity index is 249. The summed E-state index contributed by atoms with van der Waals surface area (Å²) in [5, 5.41) is 7.08. The lowest BCUT2D eigenvalue weighted by molar-refractivity contribution is 0.602. The maximum Gasteiger partial charge on any atom is 0.191 e. The Morgan fingerprint density at radius 1 is 1.24 bits per heavy atom. The SMILES string of the molecule is CCCC1CC1NC(=NC)NC1CCCC1.I. The van der Waals surface area contributed by atoms with Crippen molar-refractivity contribution in [3.05, 3.63) is 0 Å². The molecule has 2 unspecified atom stereocenters. The Hall–Kier alpha value is 0. The molecule has 0 heterocycles. The highest BCUT2D eigenvalue weighted by Gasteiger charge is 2.36. The van der Waals surface area contributed by atoms with Crippen LogP contribution in [0.2, 0.25) is 0 Å². The summed E-state index contributed by atoms with van der Waals surface area (Å²) in [5.41, 5.74) is 0. The van der Waals surface area contributed by atoms with E-state index in [4.69, 9.17) is 0 Å². The summed E-state index contributed by atoms with van der Waals surface area (Å²) in [6, 6.07) is 1.35. The van der Waals surface area contributed by atoms with E-state index in [1.165, 1.54) is 44.9 Å². The highest BCUT2D eigenvalue weighted by Crippen LogP contribution is 2.34. The average Bonchev–Trinajstić information content (AvgIpc) is 2.79. The van der Waals surface area contributed by atoms with Gasteiger partial charge < -0.3 is 10.6 Å². The first-order chi connectivity index (χ1) is 7.83. The van der Waals surface area contributed by atoms with Crippen LogP contribution in [0.4, 0.5) is 0 Å². The Morgan fingerprint density at radius 3 is 2.53 bits per heavy atom. The first-order valence-corrected chi connectivity index (χ1v) is 6.83. The molecule has 0 aromatic heterocycles. The number of hydrogen-bond acceptors (Lipinski definition) is 1. The van der Waals surface area contributed by atoms with Crippen molar-refractivity contribution in [3.63, 3.8) is 0 Å². The lowest BCUT2D eigenvalue weighted by Crippen LogP contribution is -2.43. The highest BCUT2D eigenvalue weighted by atomic mass is 127. The standard InChI is InChI=1S/C13H25N3.HI/c1-3-6-10-9-12(10)16-13(14-2)15-11-7-4-5-8-11;/h10-12H,3-9H2,1-2H3,(H2,14,15,16);1H. The minimum absolute atomic E-state index is 0. The highest BCUT2D eigenvalue weighted by molar-refractivity contribution is 14.0. The average molecular weight is 351 g/mol. The molecule has 0 saturated heterocycles. The van der Waals surface area contributed by atoms with E-state index in [-0.39, 0.29) is 24.0 Å². The van der Waals surface area contributed by atoms with E-state index in [0.29, 0.717) is 12.1 Å². The molecule has 2 saturated carbocycles. The van der Waals surface area contributed by atoms with Crippen LogP contribution in [0, 0.1) is 5.92 Å². The van der Waals surface area contributed by atoms with E-state index in [2.05, 4.69) is 22.5 Å². The number of rotatable bonds is 4. The maximum absolute atomic E-state index is 4.32. The Balaban J connectivity index is 0.00000144. The van der Waals surface area contributed by atoms with Gasteiger partial charge in [-0.05, 0) is 31.6 Å². The third kappa shape index (κ3) is 4.64. The lowest BCUT2D eigenvalue weighted by Gasteiger charge is -2.16. The molecule has 4 heteroatoms. The van der Waals surface area contributed by atoms with E-state index >= 15 is 0 Å². The fourth-order valence-corrected chi connectivity index (χ4v) is 2.72. The van der Waals surface area contributed by atoms with Crippen LogP contribution in [0.25, 0.3) is 0 Å². The fourth-order valence-electron chi connectivity index (χ4n) is 2.72. The molecule has 2 N–H and O–H groups in total. The molecule has 2 aliphatic rings. The maximum atomic E-state index is 4.32. The topological polar surface area (TPSA) is 36.4 Å².